The summed E-state index contributed by atoms with van der Waals surface area (Å²) in [7, 11) is 0. The third-order valence-electron chi connectivity index (χ3n) is 14.0. The van der Waals surface area contributed by atoms with Gasteiger partial charge in [0.15, 0.2) is 5.96 Å². The summed E-state index contributed by atoms with van der Waals surface area (Å²) < 4.78 is 0. The molecule has 0 fully saturated rings. The van der Waals surface area contributed by atoms with Gasteiger partial charge in [0.05, 0.1) is 19.0 Å². The summed E-state index contributed by atoms with van der Waals surface area (Å²) in [5.74, 6) is -12.6. The molecule has 31 heteroatoms. The predicted octanol–water partition coefficient (Wildman–Crippen LogP) is -2.86. The van der Waals surface area contributed by atoms with Gasteiger partial charge in [-0.3, -0.25) is 57.7 Å². The Morgan fingerprint density at radius 3 is 1.53 bits per heavy atom. The van der Waals surface area contributed by atoms with Gasteiger partial charge in [-0.1, -0.05) is 56.7 Å². The predicted molar refractivity (Wildman–Crippen MR) is 309 cm³/mol. The van der Waals surface area contributed by atoms with Crippen molar-refractivity contribution in [2.75, 3.05) is 19.7 Å². The average Bonchev–Trinajstić information content (AvgIpc) is 2.05. The van der Waals surface area contributed by atoms with E-state index in [-0.39, 0.29) is 51.0 Å². The van der Waals surface area contributed by atoms with E-state index in [0.717, 1.165) is 0 Å². The van der Waals surface area contributed by atoms with Gasteiger partial charge in [-0.15, -0.1) is 0 Å². The largest absolute Gasteiger partial charge is 0.481 e. The minimum atomic E-state index is -1.67. The maximum Gasteiger partial charge on any atom is 0.322 e. The second-order valence-electron chi connectivity index (χ2n) is 20.4. The van der Waals surface area contributed by atoms with E-state index in [4.69, 9.17) is 27.4 Å². The molecule has 0 saturated carbocycles. The molecular weight excluding hydrogens is 1120 g/mol. The number of H-pyrrole nitrogens is 3. The molecule has 8 amide bonds. The molecule has 0 aliphatic rings. The van der Waals surface area contributed by atoms with Crippen LogP contribution < -0.4 is 59.7 Å². The molecule has 3 heterocycles. The standard InChI is InChI=1S/C55H74N16O15/c1-3-28(2)46(71-47(79)34(56)14-16-43(73)74)54(86)66-38(15-17-44(75)76)50(82)69-41(21-31-24-59-27-64-31)53(85)68-40(20-30-23-62-36-12-7-5-10-33(30)36)52(84)67-39(19-29-22-61-35-11-6-4-9-32(29)35)51(83)65-37(13-8-18-60-55(57)58)49(81)70-42(26-72)48(80)63-25-45(77)78/h4-7,9-12,22-24,27-28,34,37-42,46,61-62,72H,3,8,13-21,25-26,56H2,1-2H3,(H,59,64)(H,63,80)(H,65,83)(H,66,86)(H,67,84)(H,68,85)(H,69,82)(H,70,81)(H,71,79)(H,73,74)(H,75,76)(H,77,78)(H4,57,58,60)/t28-,34-,37-,38-,39-,40-,41-,42-,46-/m0/s1. The average molecular weight is 1200 g/mol. The number of amides is 8. The molecule has 3 aromatic heterocycles. The first-order valence-corrected chi connectivity index (χ1v) is 27.5. The van der Waals surface area contributed by atoms with Crippen molar-refractivity contribution in [1.29, 1.82) is 0 Å². The first-order chi connectivity index (χ1) is 41.0. The van der Waals surface area contributed by atoms with E-state index in [1.165, 1.54) is 12.5 Å². The molecule has 0 bridgehead atoms. The third-order valence-corrected chi connectivity index (χ3v) is 14.0. The van der Waals surface area contributed by atoms with Gasteiger partial charge in [0, 0.05) is 84.7 Å². The molecule has 86 heavy (non-hydrogen) atoms. The fraction of sp³-hybridized carbons (Fsp3) is 0.436. The van der Waals surface area contributed by atoms with Gasteiger partial charge in [0.25, 0.3) is 0 Å². The molecule has 0 aliphatic heterocycles. The van der Waals surface area contributed by atoms with Gasteiger partial charge >= 0.3 is 17.9 Å². The van der Waals surface area contributed by atoms with Crippen LogP contribution in [0.15, 0.2) is 78.4 Å². The van der Waals surface area contributed by atoms with Gasteiger partial charge in [0.1, 0.15) is 48.8 Å². The van der Waals surface area contributed by atoms with Crippen LogP contribution in [0.3, 0.4) is 0 Å². The van der Waals surface area contributed by atoms with E-state index in [2.05, 4.69) is 67.5 Å². The smallest absolute Gasteiger partial charge is 0.322 e. The second-order valence-corrected chi connectivity index (χ2v) is 20.4. The normalized spacial score (nSPS) is 14.3. The maximum absolute atomic E-state index is 15.2. The van der Waals surface area contributed by atoms with Crippen LogP contribution in [0.5, 0.6) is 0 Å². The molecule has 9 atom stereocenters. The highest BCUT2D eigenvalue weighted by atomic mass is 16.4. The number of benzene rings is 2. The van der Waals surface area contributed by atoms with E-state index in [9.17, 15) is 58.2 Å². The zero-order valence-corrected chi connectivity index (χ0v) is 47.2. The lowest BCUT2D eigenvalue weighted by Crippen LogP contribution is -2.61. The molecule has 31 nitrogen and oxygen atoms in total. The number of aliphatic imine (C=N–C) groups is 1. The van der Waals surface area contributed by atoms with E-state index in [1.54, 1.807) is 74.8 Å². The zero-order valence-electron chi connectivity index (χ0n) is 47.2. The number of aliphatic hydroxyl groups excluding tert-OH is 1. The van der Waals surface area contributed by atoms with Crippen LogP contribution in [-0.4, -0.2) is 180 Å². The number of carbonyl (C=O) groups excluding carboxylic acids is 8. The number of imidazole rings is 1. The molecule has 5 rings (SSSR count). The number of aliphatic carboxylic acids is 3. The number of guanidine groups is 1. The van der Waals surface area contributed by atoms with Crippen LogP contribution in [0, 0.1) is 5.92 Å². The van der Waals surface area contributed by atoms with Gasteiger partial charge < -0.3 is 95.1 Å². The van der Waals surface area contributed by atoms with Gasteiger partial charge in [0.2, 0.25) is 47.3 Å². The monoisotopic (exact) mass is 1200 g/mol. The van der Waals surface area contributed by atoms with Crippen LogP contribution in [0.2, 0.25) is 0 Å². The summed E-state index contributed by atoms with van der Waals surface area (Å²) in [5.41, 5.74) is 19.6. The summed E-state index contributed by atoms with van der Waals surface area (Å²) >= 11 is 0. The quantitative estimate of drug-likeness (QED) is 0.0109. The van der Waals surface area contributed by atoms with Crippen molar-refractivity contribution in [3.8, 4) is 0 Å². The highest BCUT2D eigenvalue weighted by molar-refractivity contribution is 5.99. The van der Waals surface area contributed by atoms with Gasteiger partial charge in [-0.2, -0.15) is 0 Å². The highest BCUT2D eigenvalue weighted by Crippen LogP contribution is 2.22. The summed E-state index contributed by atoms with van der Waals surface area (Å²) in [6.07, 6.45) is 3.38. The number of hydrogen-bond donors (Lipinski definition) is 18. The number of nitrogens with one attached hydrogen (secondary N) is 11. The number of carboxylic acid groups (broad SMARTS) is 3. The first kappa shape index (κ1) is 66.9. The molecule has 21 N–H and O–H groups in total. The molecule has 5 aromatic rings. The first-order valence-electron chi connectivity index (χ1n) is 27.5. The molecule has 0 saturated heterocycles. The van der Waals surface area contributed by atoms with Crippen molar-refractivity contribution < 1.29 is 73.2 Å². The fourth-order valence-electron chi connectivity index (χ4n) is 9.07. The maximum atomic E-state index is 15.2. The van der Waals surface area contributed by atoms with Crippen molar-refractivity contribution in [2.45, 2.75) is 126 Å². The summed E-state index contributed by atoms with van der Waals surface area (Å²) in [4.78, 5) is 165. The summed E-state index contributed by atoms with van der Waals surface area (Å²) in [5, 5.41) is 59.4. The van der Waals surface area contributed by atoms with Crippen molar-refractivity contribution in [2.24, 2.45) is 28.1 Å². The Kier molecular flexibility index (Phi) is 25.5. The molecule has 464 valence electrons. The zero-order chi connectivity index (χ0) is 63.0. The van der Waals surface area contributed by atoms with Crippen LogP contribution in [0.1, 0.15) is 75.6 Å². The molecule has 0 radical (unpaired) electrons. The summed E-state index contributed by atoms with van der Waals surface area (Å²) in [6, 6.07) is 1.84. The topological polar surface area (TPSA) is 516 Å². The number of rotatable bonds is 36. The molecule has 0 aliphatic carbocycles. The number of hydrogen-bond acceptors (Lipinski definition) is 15. The van der Waals surface area contributed by atoms with Crippen LogP contribution >= 0.6 is 0 Å². The number of aliphatic hydroxyl groups is 1. The number of aromatic amines is 3. The molecular formula is C55H74N16O15. The van der Waals surface area contributed by atoms with Crippen molar-refractivity contribution in [3.63, 3.8) is 0 Å². The van der Waals surface area contributed by atoms with Crippen LogP contribution in [0.25, 0.3) is 21.8 Å². The second kappa shape index (κ2) is 32.8. The lowest BCUT2D eigenvalue weighted by atomic mass is 9.96. The molecule has 0 unspecified atom stereocenters. The Balaban J connectivity index is 1.51. The lowest BCUT2D eigenvalue weighted by Gasteiger charge is -2.29. The summed E-state index contributed by atoms with van der Waals surface area (Å²) in [6.45, 7) is 1.49. The Morgan fingerprint density at radius 2 is 1.05 bits per heavy atom. The SMILES string of the molecule is CC[C@H](C)[C@H](NC(=O)[C@@H](N)CCC(=O)O)C(=O)N[C@@H](CCC(=O)O)C(=O)N[C@@H](Cc1cnc[nH]1)C(=O)N[C@@H](Cc1c[nH]c2ccccc12)C(=O)N[C@@H](Cc1c[nH]c2ccccc12)C(=O)N[C@@H](CCCN=C(N)N)C(=O)N[C@@H](CO)C(=O)NCC(=O)O. The minimum Gasteiger partial charge on any atom is -0.481 e. The number of aromatic nitrogens is 4. The number of carboxylic acids is 3. The number of nitrogens with zero attached hydrogens (tertiary/aromatic N) is 2. The van der Waals surface area contributed by atoms with E-state index >= 15 is 4.79 Å². The third kappa shape index (κ3) is 20.5. The minimum absolute atomic E-state index is 0.0264. The van der Waals surface area contributed by atoms with Crippen molar-refractivity contribution in [1.82, 2.24) is 62.5 Å². The fourth-order valence-corrected chi connectivity index (χ4v) is 9.07. The molecule has 2 aromatic carbocycles. The van der Waals surface area contributed by atoms with Gasteiger partial charge in [-0.25, -0.2) is 4.98 Å². The number of nitrogens with two attached hydrogens (primary N) is 3. The lowest BCUT2D eigenvalue weighted by molar-refractivity contribution is -0.139. The van der Waals surface area contributed by atoms with Crippen molar-refractivity contribution in [3.05, 3.63) is 90.3 Å². The van der Waals surface area contributed by atoms with Crippen LogP contribution in [0.4, 0.5) is 0 Å². The Bertz CT molecular complexity index is 3210. The van der Waals surface area contributed by atoms with Gasteiger partial charge in [-0.05, 0) is 54.9 Å². The highest BCUT2D eigenvalue weighted by Gasteiger charge is 2.36. The Hall–Kier alpha value is -9.91. The van der Waals surface area contributed by atoms with E-state index in [1.807, 2.05) is 0 Å². The van der Waals surface area contributed by atoms with Crippen LogP contribution in [-0.2, 0) is 72.0 Å². The Morgan fingerprint density at radius 1 is 0.570 bits per heavy atom. The van der Waals surface area contributed by atoms with E-state index in [0.29, 0.717) is 45.0 Å². The Labute approximate surface area is 491 Å². The van der Waals surface area contributed by atoms with E-state index < -0.39 is 152 Å². The number of carbonyl (C=O) groups is 11. The molecule has 0 spiro atoms. The van der Waals surface area contributed by atoms with Crippen molar-refractivity contribution >= 4 is 92.9 Å². The number of fused-ring (bicyclic) bond motifs is 2. The number of para-hydroxylation sites is 2.